The molecule has 0 aliphatic heterocycles. The standard InChI is InChI=1S/C24H19F5N6O2/c1-13(15-9-16(24(27,28)29)12-17(30)10-15)31-22(37)20-5-6-21(36)35(33-20)18-4-2-3-14(11-18)19-7-8-34(32-19)23(25)26/h2-13,23H,30H2,1H3,(H,31,37)/p+1/t13-/m1/s1. The van der Waals surface area contributed by atoms with Crippen LogP contribution in [0.25, 0.3) is 16.9 Å². The van der Waals surface area contributed by atoms with Gasteiger partial charge in [-0.3, -0.25) is 9.59 Å². The summed E-state index contributed by atoms with van der Waals surface area (Å²) in [4.78, 5) is 25.3. The summed E-state index contributed by atoms with van der Waals surface area (Å²) in [5.41, 5.74) is 5.03. The fourth-order valence-electron chi connectivity index (χ4n) is 3.61. The van der Waals surface area contributed by atoms with E-state index < -0.39 is 35.8 Å². The zero-order valence-electron chi connectivity index (χ0n) is 19.1. The van der Waals surface area contributed by atoms with E-state index in [0.717, 1.165) is 22.9 Å². The molecule has 0 bridgehead atoms. The number of rotatable bonds is 6. The molecular formula is C24H20F5N6O2+. The van der Waals surface area contributed by atoms with E-state index in [-0.39, 0.29) is 22.6 Å². The lowest BCUT2D eigenvalue weighted by atomic mass is 10.0. The molecule has 1 atom stereocenters. The van der Waals surface area contributed by atoms with Crippen LogP contribution >= 0.6 is 0 Å². The Morgan fingerprint density at radius 2 is 1.86 bits per heavy atom. The van der Waals surface area contributed by atoms with Gasteiger partial charge in [-0.05, 0) is 48.9 Å². The highest BCUT2D eigenvalue weighted by molar-refractivity contribution is 5.92. The van der Waals surface area contributed by atoms with Gasteiger partial charge in [0, 0.05) is 23.4 Å². The predicted molar refractivity (Wildman–Crippen MR) is 123 cm³/mol. The Labute approximate surface area is 206 Å². The summed E-state index contributed by atoms with van der Waals surface area (Å²) in [7, 11) is 0. The Hall–Kier alpha value is -4.55. The van der Waals surface area contributed by atoms with Gasteiger partial charge in [-0.2, -0.15) is 28.1 Å². The maximum Gasteiger partial charge on any atom is 0.472 e. The minimum atomic E-state index is -4.61. The SMILES string of the molecule is C[C@@H](NC(=O)c1ccc(=O)n(-c2cccc(-c3cc[n+](C(F)F)[nH]3)c2)n1)c1cc(N)cc(C(F)(F)F)c1. The topological polar surface area (TPSA) is 110 Å². The minimum Gasteiger partial charge on any atom is -0.399 e. The Balaban J connectivity index is 1.60. The molecule has 0 saturated carbocycles. The van der Waals surface area contributed by atoms with Crippen LogP contribution in [0.4, 0.5) is 27.6 Å². The number of anilines is 1. The fraction of sp³-hybridized carbons (Fsp3) is 0.167. The quantitative estimate of drug-likeness (QED) is 0.203. The van der Waals surface area contributed by atoms with Crippen LogP contribution in [-0.2, 0) is 6.18 Å². The third kappa shape index (κ3) is 5.66. The van der Waals surface area contributed by atoms with Gasteiger partial charge in [0.05, 0.1) is 17.3 Å². The van der Waals surface area contributed by atoms with Crippen LogP contribution < -0.4 is 21.3 Å². The first-order chi connectivity index (χ1) is 17.4. The van der Waals surface area contributed by atoms with Crippen LogP contribution in [-0.4, -0.2) is 20.8 Å². The molecule has 192 valence electrons. The van der Waals surface area contributed by atoms with Gasteiger partial charge in [0.25, 0.3) is 11.5 Å². The molecule has 0 aliphatic carbocycles. The maximum atomic E-state index is 13.1. The first-order valence-electron chi connectivity index (χ1n) is 10.8. The minimum absolute atomic E-state index is 0.112. The highest BCUT2D eigenvalue weighted by atomic mass is 19.4. The molecule has 2 aromatic carbocycles. The second kappa shape index (κ2) is 9.84. The molecule has 4 rings (SSSR count). The molecule has 0 fully saturated rings. The summed E-state index contributed by atoms with van der Waals surface area (Å²) in [5.74, 6) is -0.740. The van der Waals surface area contributed by atoms with E-state index in [1.165, 1.54) is 43.5 Å². The second-order valence-electron chi connectivity index (χ2n) is 8.13. The number of hydrogen-bond acceptors (Lipinski definition) is 4. The van der Waals surface area contributed by atoms with Crippen molar-refractivity contribution < 1.29 is 31.4 Å². The van der Waals surface area contributed by atoms with E-state index in [1.54, 1.807) is 12.1 Å². The first-order valence-corrected chi connectivity index (χ1v) is 10.8. The molecule has 0 radical (unpaired) electrons. The molecule has 0 saturated heterocycles. The molecule has 8 nitrogen and oxygen atoms in total. The molecule has 0 aliphatic rings. The van der Waals surface area contributed by atoms with Crippen molar-refractivity contribution in [3.8, 4) is 16.9 Å². The van der Waals surface area contributed by atoms with Crippen LogP contribution in [0.15, 0.2) is 71.7 Å². The predicted octanol–water partition coefficient (Wildman–Crippen LogP) is 4.00. The van der Waals surface area contributed by atoms with Gasteiger partial charge < -0.3 is 11.1 Å². The van der Waals surface area contributed by atoms with Gasteiger partial charge in [-0.25, -0.2) is 0 Å². The van der Waals surface area contributed by atoms with Gasteiger partial charge in [-0.1, -0.05) is 16.8 Å². The maximum absolute atomic E-state index is 13.1. The highest BCUT2D eigenvalue weighted by Crippen LogP contribution is 2.32. The number of amides is 1. The lowest BCUT2D eigenvalue weighted by Gasteiger charge is -2.17. The molecule has 0 spiro atoms. The van der Waals surface area contributed by atoms with Gasteiger partial charge in [-0.15, -0.1) is 8.78 Å². The fourth-order valence-corrected chi connectivity index (χ4v) is 3.61. The van der Waals surface area contributed by atoms with Crippen molar-refractivity contribution in [2.24, 2.45) is 0 Å². The number of nitrogens with zero attached hydrogens (tertiary/aromatic N) is 3. The normalized spacial score (nSPS) is 12.5. The van der Waals surface area contributed by atoms with E-state index in [4.69, 9.17) is 5.73 Å². The van der Waals surface area contributed by atoms with Crippen molar-refractivity contribution in [3.63, 3.8) is 0 Å². The Morgan fingerprint density at radius 1 is 1.11 bits per heavy atom. The number of aromatic nitrogens is 4. The number of halogens is 5. The molecular weight excluding hydrogens is 499 g/mol. The van der Waals surface area contributed by atoms with Crippen molar-refractivity contribution in [1.82, 2.24) is 20.2 Å². The highest BCUT2D eigenvalue weighted by Gasteiger charge is 2.31. The summed E-state index contributed by atoms with van der Waals surface area (Å²) in [5, 5.41) is 9.15. The Kier molecular flexibility index (Phi) is 6.79. The molecule has 37 heavy (non-hydrogen) atoms. The average Bonchev–Trinajstić information content (AvgIpc) is 3.34. The number of alkyl halides is 5. The monoisotopic (exact) mass is 519 g/mol. The molecule has 1 amide bonds. The number of H-pyrrole nitrogens is 1. The molecule has 13 heteroatoms. The average molecular weight is 519 g/mol. The van der Waals surface area contributed by atoms with Gasteiger partial charge in [0.1, 0.15) is 11.4 Å². The van der Waals surface area contributed by atoms with Crippen molar-refractivity contribution >= 4 is 11.6 Å². The molecule has 0 unspecified atom stereocenters. The molecule has 4 aromatic rings. The number of carbonyl (C=O) groups excluding carboxylic acids is 1. The molecule has 2 heterocycles. The third-order valence-corrected chi connectivity index (χ3v) is 5.45. The van der Waals surface area contributed by atoms with Crippen LogP contribution in [0.3, 0.4) is 0 Å². The number of nitrogens with one attached hydrogen (secondary N) is 2. The summed E-state index contributed by atoms with van der Waals surface area (Å²) >= 11 is 0. The van der Waals surface area contributed by atoms with Gasteiger partial charge in [0.2, 0.25) is 6.20 Å². The van der Waals surface area contributed by atoms with Crippen LogP contribution in [0.5, 0.6) is 0 Å². The Bertz CT molecular complexity index is 1510. The molecule has 2 aromatic heterocycles. The lowest BCUT2D eigenvalue weighted by molar-refractivity contribution is -0.818. The van der Waals surface area contributed by atoms with Crippen molar-refractivity contribution in [1.29, 1.82) is 0 Å². The van der Waals surface area contributed by atoms with Crippen molar-refractivity contribution in [3.05, 3.63) is 94.0 Å². The first kappa shape index (κ1) is 25.5. The number of nitrogens with two attached hydrogens (primary N) is 1. The zero-order valence-corrected chi connectivity index (χ0v) is 19.1. The second-order valence-corrected chi connectivity index (χ2v) is 8.13. The van der Waals surface area contributed by atoms with Crippen molar-refractivity contribution in [2.75, 3.05) is 5.73 Å². The van der Waals surface area contributed by atoms with E-state index in [1.807, 2.05) is 0 Å². The summed E-state index contributed by atoms with van der Waals surface area (Å²) < 4.78 is 66.7. The van der Waals surface area contributed by atoms with Gasteiger partial charge >= 0.3 is 12.7 Å². The number of nitrogen functional groups attached to an aromatic ring is 1. The van der Waals surface area contributed by atoms with E-state index in [2.05, 4.69) is 15.5 Å². The van der Waals surface area contributed by atoms with E-state index >= 15 is 0 Å². The van der Waals surface area contributed by atoms with E-state index in [0.29, 0.717) is 15.9 Å². The van der Waals surface area contributed by atoms with Gasteiger partial charge in [0.15, 0.2) is 0 Å². The number of aromatic amines is 1. The zero-order chi connectivity index (χ0) is 26.9. The van der Waals surface area contributed by atoms with Crippen LogP contribution in [0.1, 0.15) is 41.1 Å². The number of hydrogen-bond donors (Lipinski definition) is 3. The largest absolute Gasteiger partial charge is 0.472 e. The van der Waals surface area contributed by atoms with Crippen molar-refractivity contribution in [2.45, 2.75) is 25.7 Å². The smallest absolute Gasteiger partial charge is 0.399 e. The van der Waals surface area contributed by atoms with Crippen LogP contribution in [0, 0.1) is 0 Å². The van der Waals surface area contributed by atoms with E-state index in [9.17, 15) is 31.5 Å². The lowest BCUT2D eigenvalue weighted by Crippen LogP contribution is -2.35. The van der Waals surface area contributed by atoms with Crippen LogP contribution in [0.2, 0.25) is 0 Å². The molecule has 4 N–H and O–H groups in total. The number of carbonyl (C=O) groups is 1. The third-order valence-electron chi connectivity index (χ3n) is 5.45. The summed E-state index contributed by atoms with van der Waals surface area (Å²) in [6, 6.07) is 12.1. The Morgan fingerprint density at radius 3 is 2.54 bits per heavy atom. The number of benzene rings is 2. The summed E-state index contributed by atoms with van der Waals surface area (Å²) in [6.45, 7) is -1.28. The summed E-state index contributed by atoms with van der Waals surface area (Å²) in [6.07, 6.45) is -3.44.